The van der Waals surface area contributed by atoms with E-state index in [9.17, 15) is 8.42 Å². The van der Waals surface area contributed by atoms with Crippen LogP contribution in [0.15, 0.2) is 10.4 Å². The van der Waals surface area contributed by atoms with Crippen LogP contribution in [0, 0.1) is 5.92 Å². The van der Waals surface area contributed by atoms with Gasteiger partial charge in [0, 0.05) is 12.6 Å². The van der Waals surface area contributed by atoms with Gasteiger partial charge in [0.2, 0.25) is 10.0 Å². The molecule has 5 nitrogen and oxygen atoms in total. The van der Waals surface area contributed by atoms with Crippen molar-refractivity contribution in [3.05, 3.63) is 6.20 Å². The van der Waals surface area contributed by atoms with Gasteiger partial charge in [-0.25, -0.2) is 18.5 Å². The molecule has 0 aliphatic carbocycles. The molecule has 0 bridgehead atoms. The van der Waals surface area contributed by atoms with Gasteiger partial charge in [-0.1, -0.05) is 25.2 Å². The van der Waals surface area contributed by atoms with E-state index in [2.05, 4.69) is 23.7 Å². The molecule has 19 heavy (non-hydrogen) atoms. The van der Waals surface area contributed by atoms with Gasteiger partial charge in [0.1, 0.15) is 0 Å². The first-order valence-electron chi connectivity index (χ1n) is 6.63. The maximum Gasteiger partial charge on any atom is 0.249 e. The fraction of sp³-hybridized carbons (Fsp3) is 0.750. The lowest BCUT2D eigenvalue weighted by atomic mass is 10.0. The summed E-state index contributed by atoms with van der Waals surface area (Å²) < 4.78 is 22.7. The number of thiazole rings is 1. The molecule has 1 aromatic heterocycles. The molecule has 1 atom stereocenters. The minimum Gasteiger partial charge on any atom is -0.345 e. The van der Waals surface area contributed by atoms with Gasteiger partial charge in [-0.2, -0.15) is 0 Å². The van der Waals surface area contributed by atoms with Crippen LogP contribution >= 0.6 is 11.3 Å². The number of nitrogens with zero attached hydrogens (tertiary/aromatic N) is 2. The number of aromatic nitrogens is 1. The highest BCUT2D eigenvalue weighted by atomic mass is 32.2. The van der Waals surface area contributed by atoms with Crippen molar-refractivity contribution in [2.24, 2.45) is 11.1 Å². The first kappa shape index (κ1) is 14.7. The van der Waals surface area contributed by atoms with E-state index in [1.807, 2.05) is 0 Å². The molecule has 1 saturated heterocycles. The summed E-state index contributed by atoms with van der Waals surface area (Å²) in [5.41, 5.74) is 0. The Bertz CT molecular complexity index is 525. The second-order valence-electron chi connectivity index (χ2n) is 5.47. The molecule has 1 aliphatic heterocycles. The molecule has 1 aromatic rings. The van der Waals surface area contributed by atoms with Crippen molar-refractivity contribution in [2.75, 3.05) is 11.4 Å². The minimum absolute atomic E-state index is 0.150. The van der Waals surface area contributed by atoms with E-state index in [0.29, 0.717) is 12.0 Å². The second-order valence-corrected chi connectivity index (χ2v) is 8.26. The van der Waals surface area contributed by atoms with Crippen LogP contribution in [-0.4, -0.2) is 26.0 Å². The Labute approximate surface area is 118 Å². The molecular formula is C12H21N3O2S2. The number of primary sulfonamides is 1. The number of anilines is 1. The third-order valence-electron chi connectivity index (χ3n) is 3.45. The highest BCUT2D eigenvalue weighted by Crippen LogP contribution is 2.33. The molecule has 2 heterocycles. The number of hydrogen-bond acceptors (Lipinski definition) is 5. The van der Waals surface area contributed by atoms with Crippen LogP contribution in [0.5, 0.6) is 0 Å². The van der Waals surface area contributed by atoms with Gasteiger partial charge in [-0.3, -0.25) is 0 Å². The Morgan fingerprint density at radius 1 is 1.58 bits per heavy atom. The third kappa shape index (κ3) is 3.67. The predicted octanol–water partition coefficient (Wildman–Crippen LogP) is 2.20. The fourth-order valence-corrected chi connectivity index (χ4v) is 4.06. The number of rotatable bonds is 5. The molecule has 0 aromatic carbocycles. The average Bonchev–Trinajstić information content (AvgIpc) is 2.93. The molecule has 0 radical (unpaired) electrons. The van der Waals surface area contributed by atoms with Crippen LogP contribution in [0.25, 0.3) is 0 Å². The Morgan fingerprint density at radius 3 is 2.89 bits per heavy atom. The number of nitrogens with two attached hydrogens (primary N) is 1. The van der Waals surface area contributed by atoms with E-state index >= 15 is 0 Å². The third-order valence-corrected chi connectivity index (χ3v) is 5.90. The fourth-order valence-electron chi connectivity index (χ4n) is 2.43. The van der Waals surface area contributed by atoms with Crippen LogP contribution < -0.4 is 10.0 Å². The largest absolute Gasteiger partial charge is 0.345 e. The molecule has 0 spiro atoms. The molecule has 7 heteroatoms. The quantitative estimate of drug-likeness (QED) is 0.904. The van der Waals surface area contributed by atoms with E-state index in [1.165, 1.54) is 24.0 Å². The maximum atomic E-state index is 11.3. The van der Waals surface area contributed by atoms with E-state index in [4.69, 9.17) is 5.14 Å². The zero-order valence-electron chi connectivity index (χ0n) is 11.4. The zero-order chi connectivity index (χ0) is 14.0. The number of sulfonamides is 1. The van der Waals surface area contributed by atoms with Crippen molar-refractivity contribution in [1.29, 1.82) is 0 Å². The summed E-state index contributed by atoms with van der Waals surface area (Å²) in [6, 6.07) is 0.488. The van der Waals surface area contributed by atoms with Gasteiger partial charge in [-0.15, -0.1) is 0 Å². The van der Waals surface area contributed by atoms with E-state index in [0.717, 1.165) is 30.9 Å². The summed E-state index contributed by atoms with van der Waals surface area (Å²) >= 11 is 1.18. The summed E-state index contributed by atoms with van der Waals surface area (Å²) in [4.78, 5) is 6.47. The topological polar surface area (TPSA) is 76.3 Å². The van der Waals surface area contributed by atoms with Gasteiger partial charge >= 0.3 is 0 Å². The van der Waals surface area contributed by atoms with E-state index in [-0.39, 0.29) is 4.21 Å². The lowest BCUT2D eigenvalue weighted by molar-refractivity contribution is 0.495. The summed E-state index contributed by atoms with van der Waals surface area (Å²) in [5.74, 6) is 0.693. The second kappa shape index (κ2) is 5.76. The molecule has 1 aliphatic rings. The Kier molecular flexibility index (Phi) is 4.47. The highest BCUT2D eigenvalue weighted by molar-refractivity contribution is 7.91. The van der Waals surface area contributed by atoms with E-state index < -0.39 is 10.0 Å². The monoisotopic (exact) mass is 303 g/mol. The van der Waals surface area contributed by atoms with Crippen LogP contribution in [-0.2, 0) is 10.0 Å². The van der Waals surface area contributed by atoms with Gasteiger partial charge in [0.05, 0.1) is 6.20 Å². The van der Waals surface area contributed by atoms with E-state index in [1.54, 1.807) is 0 Å². The Morgan fingerprint density at radius 2 is 2.32 bits per heavy atom. The Hall–Kier alpha value is -0.660. The number of hydrogen-bond donors (Lipinski definition) is 1. The smallest absolute Gasteiger partial charge is 0.249 e. The molecule has 1 unspecified atom stereocenters. The predicted molar refractivity (Wildman–Crippen MR) is 77.9 cm³/mol. The maximum absolute atomic E-state index is 11.3. The van der Waals surface area contributed by atoms with Crippen molar-refractivity contribution in [2.45, 2.75) is 49.8 Å². The lowest BCUT2D eigenvalue weighted by Gasteiger charge is -2.24. The van der Waals surface area contributed by atoms with Crippen molar-refractivity contribution < 1.29 is 8.42 Å². The standard InChI is InChI=1S/C12H21N3O2S2/c1-9(2)5-6-10-4-3-7-15(10)12-14-8-11(18-12)19(13,16)17/h8-10H,3-7H2,1-2H3,(H2,13,16,17). The van der Waals surface area contributed by atoms with Crippen molar-refractivity contribution >= 4 is 26.5 Å². The molecule has 1 fully saturated rings. The molecule has 0 amide bonds. The van der Waals surface area contributed by atoms with Gasteiger partial charge < -0.3 is 4.90 Å². The molecule has 0 saturated carbocycles. The van der Waals surface area contributed by atoms with Crippen molar-refractivity contribution in [1.82, 2.24) is 4.98 Å². The summed E-state index contributed by atoms with van der Waals surface area (Å²) in [5, 5.41) is 5.91. The minimum atomic E-state index is -3.63. The lowest BCUT2D eigenvalue weighted by Crippen LogP contribution is -2.29. The van der Waals surface area contributed by atoms with Crippen molar-refractivity contribution in [3.63, 3.8) is 0 Å². The van der Waals surface area contributed by atoms with Gasteiger partial charge in [0.25, 0.3) is 0 Å². The summed E-state index contributed by atoms with van der Waals surface area (Å²) in [7, 11) is -3.63. The molecule has 108 valence electrons. The van der Waals surface area contributed by atoms with Crippen molar-refractivity contribution in [3.8, 4) is 0 Å². The first-order valence-corrected chi connectivity index (χ1v) is 8.99. The summed E-state index contributed by atoms with van der Waals surface area (Å²) in [6.07, 6.45) is 6.01. The van der Waals surface area contributed by atoms with Crippen LogP contribution in [0.3, 0.4) is 0 Å². The molecule has 2 rings (SSSR count). The van der Waals surface area contributed by atoms with Crippen LogP contribution in [0.2, 0.25) is 0 Å². The first-order chi connectivity index (χ1) is 8.88. The Balaban J connectivity index is 2.10. The van der Waals surface area contributed by atoms with Crippen LogP contribution in [0.1, 0.15) is 39.5 Å². The van der Waals surface area contributed by atoms with Crippen LogP contribution in [0.4, 0.5) is 5.13 Å². The van der Waals surface area contributed by atoms with Gasteiger partial charge in [-0.05, 0) is 31.6 Å². The van der Waals surface area contributed by atoms with Gasteiger partial charge in [0.15, 0.2) is 9.34 Å². The SMILES string of the molecule is CC(C)CCC1CCCN1c1ncc(S(N)(=O)=O)s1. The normalized spacial score (nSPS) is 20.4. The highest BCUT2D eigenvalue weighted by Gasteiger charge is 2.27. The molecule has 2 N–H and O–H groups in total. The average molecular weight is 303 g/mol. The summed E-state index contributed by atoms with van der Waals surface area (Å²) in [6.45, 7) is 5.41. The molecular weight excluding hydrogens is 282 g/mol. The zero-order valence-corrected chi connectivity index (χ0v) is 13.0.